The Labute approximate surface area is 135 Å². The first kappa shape index (κ1) is 13.9. The van der Waals surface area contributed by atoms with Crippen molar-refractivity contribution in [2.45, 2.75) is 31.1 Å². The van der Waals surface area contributed by atoms with Gasteiger partial charge >= 0.3 is 0 Å². The molecule has 2 N–H and O–H groups in total. The molecule has 1 aromatic heterocycles. The molecule has 0 spiro atoms. The molecule has 2 nitrogen and oxygen atoms in total. The zero-order valence-electron chi connectivity index (χ0n) is 12.6. The third-order valence-electron chi connectivity index (χ3n) is 4.97. The molecule has 112 valence electrons. The first-order chi connectivity index (χ1) is 10.8. The minimum Gasteiger partial charge on any atom is -0.330 e. The fourth-order valence-electron chi connectivity index (χ4n) is 3.75. The molecule has 1 heterocycles. The van der Waals surface area contributed by atoms with Crippen LogP contribution in [0, 0.1) is 0 Å². The summed E-state index contributed by atoms with van der Waals surface area (Å²) in [5.41, 5.74) is 10.1. The van der Waals surface area contributed by atoms with Crippen LogP contribution in [-0.4, -0.2) is 11.5 Å². The quantitative estimate of drug-likeness (QED) is 0.759. The van der Waals surface area contributed by atoms with Gasteiger partial charge in [0.2, 0.25) is 0 Å². The number of para-hydroxylation sites is 1. The fraction of sp³-hybridized carbons (Fsp3) is 0.316. The summed E-state index contributed by atoms with van der Waals surface area (Å²) in [7, 11) is 0. The van der Waals surface area contributed by atoms with Crippen molar-refractivity contribution >= 4 is 21.6 Å². The highest BCUT2D eigenvalue weighted by Gasteiger charge is 2.36. The summed E-state index contributed by atoms with van der Waals surface area (Å²) in [6.07, 6.45) is 4.97. The summed E-state index contributed by atoms with van der Waals surface area (Å²) < 4.78 is 1.25. The van der Waals surface area contributed by atoms with E-state index in [2.05, 4.69) is 48.5 Å². The van der Waals surface area contributed by atoms with Gasteiger partial charge in [-0.05, 0) is 30.5 Å². The van der Waals surface area contributed by atoms with Gasteiger partial charge in [0.15, 0.2) is 0 Å². The summed E-state index contributed by atoms with van der Waals surface area (Å²) in [4.78, 5) is 4.86. The Morgan fingerprint density at radius 3 is 2.50 bits per heavy atom. The van der Waals surface area contributed by atoms with Crippen LogP contribution >= 0.6 is 11.3 Å². The van der Waals surface area contributed by atoms with E-state index in [0.717, 1.165) is 17.1 Å². The second-order valence-electron chi connectivity index (χ2n) is 6.22. The van der Waals surface area contributed by atoms with Gasteiger partial charge in [-0.25, -0.2) is 4.98 Å². The zero-order chi connectivity index (χ0) is 15.0. The molecule has 22 heavy (non-hydrogen) atoms. The maximum atomic E-state index is 6.21. The minimum atomic E-state index is 0.147. The second-order valence-corrected chi connectivity index (χ2v) is 7.25. The van der Waals surface area contributed by atoms with E-state index in [1.54, 1.807) is 11.3 Å². The molecule has 3 heteroatoms. The highest BCUT2D eigenvalue weighted by molar-refractivity contribution is 7.21. The first-order valence-electron chi connectivity index (χ1n) is 7.98. The number of nitrogens with two attached hydrogens (primary N) is 1. The maximum Gasteiger partial charge on any atom is 0.124 e. The van der Waals surface area contributed by atoms with Crippen LogP contribution in [0.2, 0.25) is 0 Å². The number of benzene rings is 2. The third-order valence-corrected chi connectivity index (χ3v) is 6.04. The summed E-state index contributed by atoms with van der Waals surface area (Å²) in [6.45, 7) is 0.731. The van der Waals surface area contributed by atoms with Gasteiger partial charge in [0.1, 0.15) is 5.01 Å². The van der Waals surface area contributed by atoms with Crippen LogP contribution in [0.1, 0.15) is 31.2 Å². The lowest BCUT2D eigenvalue weighted by molar-refractivity contribution is 0.454. The van der Waals surface area contributed by atoms with E-state index >= 15 is 0 Å². The molecule has 0 saturated heterocycles. The van der Waals surface area contributed by atoms with Crippen molar-refractivity contribution in [2.75, 3.05) is 6.54 Å². The van der Waals surface area contributed by atoms with Crippen molar-refractivity contribution in [3.05, 3.63) is 54.1 Å². The molecule has 0 aliphatic heterocycles. The molecule has 0 radical (unpaired) electrons. The Balaban J connectivity index is 1.88. The van der Waals surface area contributed by atoms with E-state index in [4.69, 9.17) is 10.7 Å². The molecule has 1 aliphatic rings. The van der Waals surface area contributed by atoms with Crippen molar-refractivity contribution in [2.24, 2.45) is 5.73 Å². The Kier molecular flexibility index (Phi) is 3.47. The van der Waals surface area contributed by atoms with Gasteiger partial charge in [-0.15, -0.1) is 11.3 Å². The molecule has 3 aromatic rings. The maximum absolute atomic E-state index is 6.21. The first-order valence-corrected chi connectivity index (χ1v) is 8.80. The molecule has 0 amide bonds. The highest BCUT2D eigenvalue weighted by Crippen LogP contribution is 2.45. The number of fused-ring (bicyclic) bond motifs is 1. The van der Waals surface area contributed by atoms with E-state index in [1.807, 2.05) is 0 Å². The van der Waals surface area contributed by atoms with Crippen LogP contribution < -0.4 is 5.73 Å². The van der Waals surface area contributed by atoms with Crippen LogP contribution in [-0.2, 0) is 5.41 Å². The van der Waals surface area contributed by atoms with Crippen molar-refractivity contribution < 1.29 is 0 Å². The molecule has 1 aliphatic carbocycles. The number of rotatable bonds is 3. The van der Waals surface area contributed by atoms with E-state index in [9.17, 15) is 0 Å². The van der Waals surface area contributed by atoms with Gasteiger partial charge in [-0.1, -0.05) is 49.2 Å². The van der Waals surface area contributed by atoms with Gasteiger partial charge in [-0.3, -0.25) is 0 Å². The van der Waals surface area contributed by atoms with Crippen LogP contribution in [0.4, 0.5) is 0 Å². The lowest BCUT2D eigenvalue weighted by Crippen LogP contribution is -2.32. The Morgan fingerprint density at radius 1 is 1.00 bits per heavy atom. The molecule has 2 aromatic carbocycles. The Morgan fingerprint density at radius 2 is 1.73 bits per heavy atom. The predicted molar refractivity (Wildman–Crippen MR) is 94.3 cm³/mol. The molecular weight excluding hydrogens is 288 g/mol. The Bertz CT molecular complexity index is 767. The van der Waals surface area contributed by atoms with Gasteiger partial charge < -0.3 is 5.73 Å². The lowest BCUT2D eigenvalue weighted by atomic mass is 9.77. The summed E-state index contributed by atoms with van der Waals surface area (Å²) in [6, 6.07) is 17.1. The van der Waals surface area contributed by atoms with E-state index in [0.29, 0.717) is 0 Å². The van der Waals surface area contributed by atoms with Crippen molar-refractivity contribution in [1.29, 1.82) is 0 Å². The third kappa shape index (κ3) is 2.16. The summed E-state index contributed by atoms with van der Waals surface area (Å²) in [5, 5.41) is 1.12. The zero-order valence-corrected chi connectivity index (χ0v) is 13.4. The molecule has 1 fully saturated rings. The number of hydrogen-bond acceptors (Lipinski definition) is 3. The molecule has 0 unspecified atom stereocenters. The monoisotopic (exact) mass is 308 g/mol. The van der Waals surface area contributed by atoms with Crippen LogP contribution in [0.5, 0.6) is 0 Å². The van der Waals surface area contributed by atoms with Crippen molar-refractivity contribution in [3.8, 4) is 10.6 Å². The largest absolute Gasteiger partial charge is 0.330 e. The average molecular weight is 308 g/mol. The van der Waals surface area contributed by atoms with Gasteiger partial charge in [-0.2, -0.15) is 0 Å². The van der Waals surface area contributed by atoms with E-state index in [1.165, 1.54) is 41.5 Å². The van der Waals surface area contributed by atoms with Crippen LogP contribution in [0.25, 0.3) is 20.8 Å². The van der Waals surface area contributed by atoms with Crippen LogP contribution in [0.15, 0.2) is 48.5 Å². The van der Waals surface area contributed by atoms with Crippen LogP contribution in [0.3, 0.4) is 0 Å². The lowest BCUT2D eigenvalue weighted by Gasteiger charge is -2.29. The summed E-state index contributed by atoms with van der Waals surface area (Å²) in [5.74, 6) is 0. The van der Waals surface area contributed by atoms with E-state index in [-0.39, 0.29) is 5.41 Å². The molecule has 4 rings (SSSR count). The molecule has 0 bridgehead atoms. The number of thiazole rings is 1. The number of nitrogens with zero attached hydrogens (tertiary/aromatic N) is 1. The topological polar surface area (TPSA) is 38.9 Å². The van der Waals surface area contributed by atoms with Gasteiger partial charge in [0.25, 0.3) is 0 Å². The highest BCUT2D eigenvalue weighted by atomic mass is 32.1. The van der Waals surface area contributed by atoms with E-state index < -0.39 is 0 Å². The molecule has 1 saturated carbocycles. The number of hydrogen-bond donors (Lipinski definition) is 1. The fourth-order valence-corrected chi connectivity index (χ4v) is 4.76. The second kappa shape index (κ2) is 5.49. The minimum absolute atomic E-state index is 0.147. The summed E-state index contributed by atoms with van der Waals surface area (Å²) >= 11 is 1.78. The predicted octanol–water partition coefficient (Wildman–Crippen LogP) is 4.73. The molecule has 0 atom stereocenters. The standard InChI is InChI=1S/C19H20N2S/c20-13-19(11-5-6-12-19)15-8-2-1-7-14(15)18-21-16-9-3-4-10-17(16)22-18/h1-4,7-10H,5-6,11-13,20H2. The normalized spacial score (nSPS) is 17.1. The van der Waals surface area contributed by atoms with Crippen molar-refractivity contribution in [1.82, 2.24) is 4.98 Å². The van der Waals surface area contributed by atoms with Crippen molar-refractivity contribution in [3.63, 3.8) is 0 Å². The Hall–Kier alpha value is -1.71. The molecular formula is C19H20N2S. The average Bonchev–Trinajstić information content (AvgIpc) is 3.22. The smallest absolute Gasteiger partial charge is 0.124 e. The SMILES string of the molecule is NCC1(c2ccccc2-c2nc3ccccc3s2)CCCC1. The number of aromatic nitrogens is 1. The van der Waals surface area contributed by atoms with Gasteiger partial charge in [0, 0.05) is 17.5 Å². The van der Waals surface area contributed by atoms with Gasteiger partial charge in [0.05, 0.1) is 10.2 Å².